The standard InChI is InChI=1S/C28H22N8O2/c29-25(35-37)15-1-5-17(6-2-15)27-31-21-11-9-19(13-23(21)33-27)20-10-12-22-24(14-20)34-28(32-22)18-7-3-16(4-8-18)26(30)36-38/h1-14,37-38H,(H2,29,35)(H2,30,36)(H,31,33)(H,32,34). The van der Waals surface area contributed by atoms with E-state index >= 15 is 0 Å². The van der Waals surface area contributed by atoms with Gasteiger partial charge in [-0.2, -0.15) is 0 Å². The van der Waals surface area contributed by atoms with E-state index in [9.17, 15) is 0 Å². The Balaban J connectivity index is 1.29. The highest BCUT2D eigenvalue weighted by Gasteiger charge is 2.11. The van der Waals surface area contributed by atoms with Crippen LogP contribution in [-0.2, 0) is 0 Å². The fourth-order valence-corrected chi connectivity index (χ4v) is 4.36. The van der Waals surface area contributed by atoms with Gasteiger partial charge in [0.25, 0.3) is 0 Å². The highest BCUT2D eigenvalue weighted by Crippen LogP contribution is 2.29. The molecule has 0 saturated carbocycles. The molecule has 8 N–H and O–H groups in total. The first-order chi connectivity index (χ1) is 18.5. The van der Waals surface area contributed by atoms with Crippen molar-refractivity contribution in [3.8, 4) is 33.9 Å². The highest BCUT2D eigenvalue weighted by molar-refractivity contribution is 5.96. The maximum atomic E-state index is 8.92. The number of aromatic nitrogens is 4. The van der Waals surface area contributed by atoms with Crippen LogP contribution >= 0.6 is 0 Å². The summed E-state index contributed by atoms with van der Waals surface area (Å²) in [6.07, 6.45) is 0. The number of H-pyrrole nitrogens is 2. The number of nitrogens with zero attached hydrogens (tertiary/aromatic N) is 2. The molecule has 0 atom stereocenters. The van der Waals surface area contributed by atoms with E-state index < -0.39 is 0 Å². The van der Waals surface area contributed by atoms with Gasteiger partial charge >= 0.3 is 0 Å². The van der Waals surface area contributed by atoms with Gasteiger partial charge in [-0.3, -0.25) is 32.2 Å². The van der Waals surface area contributed by atoms with Gasteiger partial charge in [0.15, 0.2) is 0 Å². The molecule has 2 aromatic heterocycles. The molecule has 6 aromatic rings. The normalized spacial score (nSPS) is 11.1. The zero-order valence-corrected chi connectivity index (χ0v) is 19.9. The SMILES string of the molecule is N=C(NO)c1ccc(-c2nc3cc(-c4ccc5[nH]c(-c6ccc(C(=N)NO)cc6)nc5c4)ccc3[nH]2)cc1. The average molecular weight is 503 g/mol. The zero-order chi connectivity index (χ0) is 26.2. The Morgan fingerprint density at radius 2 is 0.921 bits per heavy atom. The lowest BCUT2D eigenvalue weighted by atomic mass is 10.0. The summed E-state index contributed by atoms with van der Waals surface area (Å²) in [5.74, 6) is 1.30. The van der Waals surface area contributed by atoms with Crippen molar-refractivity contribution in [1.82, 2.24) is 30.9 Å². The molecule has 6 rings (SSSR count). The summed E-state index contributed by atoms with van der Waals surface area (Å²) in [6, 6.07) is 26.6. The third-order valence-electron chi connectivity index (χ3n) is 6.42. The smallest absolute Gasteiger partial charge is 0.149 e. The first-order valence-corrected chi connectivity index (χ1v) is 11.7. The van der Waals surface area contributed by atoms with E-state index in [1.54, 1.807) is 24.3 Å². The van der Waals surface area contributed by atoms with E-state index in [1.165, 1.54) is 0 Å². The minimum Gasteiger partial charge on any atom is -0.338 e. The fourth-order valence-electron chi connectivity index (χ4n) is 4.36. The maximum absolute atomic E-state index is 8.92. The van der Waals surface area contributed by atoms with Gasteiger partial charge < -0.3 is 9.97 Å². The summed E-state index contributed by atoms with van der Waals surface area (Å²) < 4.78 is 0. The van der Waals surface area contributed by atoms with Gasteiger partial charge in [0, 0.05) is 22.3 Å². The lowest BCUT2D eigenvalue weighted by Gasteiger charge is -2.02. The molecule has 4 aromatic carbocycles. The van der Waals surface area contributed by atoms with E-state index in [0.29, 0.717) is 11.1 Å². The molecular formula is C28H22N8O2. The van der Waals surface area contributed by atoms with Crippen LogP contribution in [0.25, 0.3) is 56.0 Å². The van der Waals surface area contributed by atoms with Crippen molar-refractivity contribution in [2.45, 2.75) is 0 Å². The molecule has 2 heterocycles. The number of nitrogens with one attached hydrogen (secondary N) is 6. The molecule has 0 saturated heterocycles. The second-order valence-electron chi connectivity index (χ2n) is 8.76. The molecule has 0 aliphatic heterocycles. The summed E-state index contributed by atoms with van der Waals surface area (Å²) in [5.41, 5.74) is 12.1. The fraction of sp³-hybridized carbons (Fsp3) is 0. The van der Waals surface area contributed by atoms with Gasteiger partial charge in [-0.25, -0.2) is 9.97 Å². The van der Waals surface area contributed by atoms with Crippen molar-refractivity contribution >= 4 is 33.7 Å². The molecule has 0 unspecified atom stereocenters. The first-order valence-electron chi connectivity index (χ1n) is 11.7. The number of hydrogen-bond donors (Lipinski definition) is 8. The van der Waals surface area contributed by atoms with Crippen LogP contribution in [0.5, 0.6) is 0 Å². The van der Waals surface area contributed by atoms with E-state index in [-0.39, 0.29) is 11.7 Å². The molecule has 0 bridgehead atoms. The van der Waals surface area contributed by atoms with Gasteiger partial charge in [-0.15, -0.1) is 0 Å². The van der Waals surface area contributed by atoms with E-state index in [1.807, 2.05) is 71.6 Å². The summed E-state index contributed by atoms with van der Waals surface area (Å²) in [7, 11) is 0. The maximum Gasteiger partial charge on any atom is 0.149 e. The second kappa shape index (κ2) is 9.28. The van der Waals surface area contributed by atoms with Crippen LogP contribution in [-0.4, -0.2) is 42.0 Å². The number of imidazole rings is 2. The summed E-state index contributed by atoms with van der Waals surface area (Å²) >= 11 is 0. The van der Waals surface area contributed by atoms with Crippen molar-refractivity contribution in [2.75, 3.05) is 0 Å². The average Bonchev–Trinajstić information content (AvgIpc) is 3.60. The van der Waals surface area contributed by atoms with Crippen molar-refractivity contribution < 1.29 is 10.4 Å². The Bertz CT molecular complexity index is 1680. The van der Waals surface area contributed by atoms with Crippen LogP contribution < -0.4 is 11.0 Å². The third kappa shape index (κ3) is 4.15. The lowest BCUT2D eigenvalue weighted by molar-refractivity contribution is 0.234. The van der Waals surface area contributed by atoms with Crippen molar-refractivity contribution in [3.05, 3.63) is 96.1 Å². The minimum atomic E-state index is -0.0679. The molecule has 0 radical (unpaired) electrons. The van der Waals surface area contributed by atoms with Gasteiger partial charge in [-0.1, -0.05) is 60.7 Å². The number of aromatic amines is 2. The van der Waals surface area contributed by atoms with Crippen molar-refractivity contribution in [1.29, 1.82) is 10.8 Å². The monoisotopic (exact) mass is 502 g/mol. The highest BCUT2D eigenvalue weighted by atomic mass is 16.5. The van der Waals surface area contributed by atoms with Crippen LogP contribution in [0.15, 0.2) is 84.9 Å². The molecule has 10 nitrogen and oxygen atoms in total. The van der Waals surface area contributed by atoms with Crippen LogP contribution in [0.3, 0.4) is 0 Å². The van der Waals surface area contributed by atoms with Crippen molar-refractivity contribution in [2.24, 2.45) is 0 Å². The Kier molecular flexibility index (Phi) is 5.64. The van der Waals surface area contributed by atoms with Crippen molar-refractivity contribution in [3.63, 3.8) is 0 Å². The Hall–Kier alpha value is -5.32. The number of rotatable bonds is 5. The predicted molar refractivity (Wildman–Crippen MR) is 146 cm³/mol. The molecule has 38 heavy (non-hydrogen) atoms. The molecule has 10 heteroatoms. The number of fused-ring (bicyclic) bond motifs is 2. The minimum absolute atomic E-state index is 0.0679. The van der Waals surface area contributed by atoms with Crippen LogP contribution in [0, 0.1) is 10.8 Å². The molecule has 0 aliphatic carbocycles. The van der Waals surface area contributed by atoms with E-state index in [0.717, 1.165) is 56.0 Å². The number of hydrogen-bond acceptors (Lipinski definition) is 6. The lowest BCUT2D eigenvalue weighted by Crippen LogP contribution is -2.18. The molecule has 0 aliphatic rings. The van der Waals surface area contributed by atoms with Crippen LogP contribution in [0.1, 0.15) is 11.1 Å². The van der Waals surface area contributed by atoms with Crippen LogP contribution in [0.4, 0.5) is 0 Å². The third-order valence-corrected chi connectivity index (χ3v) is 6.42. The number of hydroxylamine groups is 2. The van der Waals surface area contributed by atoms with Gasteiger partial charge in [0.2, 0.25) is 0 Å². The molecule has 186 valence electrons. The second-order valence-corrected chi connectivity index (χ2v) is 8.76. The quantitative estimate of drug-likeness (QED) is 0.0932. The molecule has 0 amide bonds. The molecular weight excluding hydrogens is 480 g/mol. The van der Waals surface area contributed by atoms with Crippen LogP contribution in [0.2, 0.25) is 0 Å². The zero-order valence-electron chi connectivity index (χ0n) is 19.9. The van der Waals surface area contributed by atoms with Gasteiger partial charge in [0.05, 0.1) is 22.1 Å². The van der Waals surface area contributed by atoms with Gasteiger partial charge in [0.1, 0.15) is 23.3 Å². The van der Waals surface area contributed by atoms with Gasteiger partial charge in [-0.05, 0) is 35.4 Å². The Morgan fingerprint density at radius 3 is 1.29 bits per heavy atom. The molecule has 0 spiro atoms. The Morgan fingerprint density at radius 1 is 0.553 bits per heavy atom. The largest absolute Gasteiger partial charge is 0.338 e. The number of benzene rings is 4. The summed E-state index contributed by atoms with van der Waals surface area (Å²) in [5, 5.41) is 33.2. The molecule has 0 fully saturated rings. The first kappa shape index (κ1) is 23.1. The summed E-state index contributed by atoms with van der Waals surface area (Å²) in [6.45, 7) is 0. The Labute approximate surface area is 216 Å². The van der Waals surface area contributed by atoms with E-state index in [4.69, 9.17) is 31.2 Å². The van der Waals surface area contributed by atoms with E-state index in [2.05, 4.69) is 9.97 Å². The topological polar surface area (TPSA) is 170 Å². The number of amidine groups is 2. The predicted octanol–water partition coefficient (Wildman–Crippen LogP) is 5.05. The summed E-state index contributed by atoms with van der Waals surface area (Å²) in [4.78, 5) is 16.2.